The first-order chi connectivity index (χ1) is 2.64. The third kappa shape index (κ3) is 6.42. The first-order valence-electron chi connectivity index (χ1n) is 1.40. The minimum Gasteiger partial charge on any atom is -0.860 e. The Balaban J connectivity index is 0. The van der Waals surface area contributed by atoms with Gasteiger partial charge in [-0.3, -0.25) is 0 Å². The van der Waals surface area contributed by atoms with Crippen molar-refractivity contribution in [2.45, 2.75) is 0 Å². The molecule has 0 aromatic rings. The van der Waals surface area contributed by atoms with Crippen LogP contribution in [0.5, 0.6) is 0 Å². The average Bonchev–Trinajstić information content (AvgIpc) is 1.36. The van der Waals surface area contributed by atoms with Crippen LogP contribution >= 0.6 is 16.1 Å². The molecule has 0 rings (SSSR count). The molecule has 0 aliphatic carbocycles. The summed E-state index contributed by atoms with van der Waals surface area (Å²) in [5.74, 6) is -0.241. The van der Waals surface area contributed by atoms with E-state index >= 15 is 0 Å². The molecule has 0 amide bonds. The molecule has 0 spiro atoms. The third-order valence-corrected chi connectivity index (χ3v) is 0.739. The van der Waals surface area contributed by atoms with Gasteiger partial charge in [0.15, 0.2) is 0 Å². The van der Waals surface area contributed by atoms with E-state index in [-0.39, 0.29) is 24.7 Å². The molecule has 0 heterocycles. The zero-order chi connectivity index (χ0) is 5.15. The maximum atomic E-state index is 9.91. The molecule has 0 unspecified atom stereocenters. The minimum absolute atomic E-state index is 0. The largest absolute Gasteiger partial charge is 1.00 e. The molecular formula is C3H5BrLiNO. The van der Waals surface area contributed by atoms with Crippen LogP contribution in [-0.4, -0.2) is 11.0 Å². The second kappa shape index (κ2) is 4.57. The number of nitrogens with zero attached hydrogens (tertiary/aromatic N) is 1. The van der Waals surface area contributed by atoms with Crippen molar-refractivity contribution in [3.05, 3.63) is 12.5 Å². The van der Waals surface area contributed by atoms with E-state index in [2.05, 4.69) is 22.7 Å². The molecule has 0 saturated heterocycles. The van der Waals surface area contributed by atoms with Crippen molar-refractivity contribution in [3.8, 4) is 0 Å². The van der Waals surface area contributed by atoms with Gasteiger partial charge in [-0.2, -0.15) is 0 Å². The van der Waals surface area contributed by atoms with Crippen molar-refractivity contribution in [2.75, 3.05) is 7.05 Å². The van der Waals surface area contributed by atoms with Crippen LogP contribution in [0.25, 0.3) is 0 Å². The van der Waals surface area contributed by atoms with Crippen molar-refractivity contribution >= 4 is 16.1 Å². The molecule has 0 fully saturated rings. The SMILES string of the molecule is C=C([O-])N(C)Br.[Li+]. The van der Waals surface area contributed by atoms with E-state index in [4.69, 9.17) is 0 Å². The second-order valence-corrected chi connectivity index (χ2v) is 1.93. The van der Waals surface area contributed by atoms with Crippen LogP contribution in [0.3, 0.4) is 0 Å². The summed E-state index contributed by atoms with van der Waals surface area (Å²) in [6, 6.07) is 0. The summed E-state index contributed by atoms with van der Waals surface area (Å²) in [5.41, 5.74) is 0. The van der Waals surface area contributed by atoms with E-state index in [9.17, 15) is 5.11 Å². The minimum atomic E-state index is -0.241. The summed E-state index contributed by atoms with van der Waals surface area (Å²) in [6.07, 6.45) is 0. The van der Waals surface area contributed by atoms with Gasteiger partial charge in [0.25, 0.3) is 0 Å². The second-order valence-electron chi connectivity index (χ2n) is 0.871. The molecular weight excluding hydrogens is 153 g/mol. The van der Waals surface area contributed by atoms with Gasteiger partial charge in [-0.25, -0.2) is 0 Å². The molecule has 0 bridgehead atoms. The summed E-state index contributed by atoms with van der Waals surface area (Å²) in [7, 11) is 1.58. The summed E-state index contributed by atoms with van der Waals surface area (Å²) >= 11 is 2.86. The summed E-state index contributed by atoms with van der Waals surface area (Å²) < 4.78 is 1.23. The number of halogens is 1. The van der Waals surface area contributed by atoms with Crippen molar-refractivity contribution in [1.82, 2.24) is 3.93 Å². The Bertz CT molecular complexity index is 66.0. The summed E-state index contributed by atoms with van der Waals surface area (Å²) in [6.45, 7) is 3.08. The number of hydrogen-bond acceptors (Lipinski definition) is 2. The number of rotatable bonds is 1. The van der Waals surface area contributed by atoms with Crippen molar-refractivity contribution in [1.29, 1.82) is 0 Å². The Hall–Kier alpha value is 0.417. The standard InChI is InChI=1S/C3H6BrNO.Li/c1-3(6)5(2)4;/h6H,1H2,2H3;/q;+1/p-1. The third-order valence-electron chi connectivity index (χ3n) is 0.344. The maximum Gasteiger partial charge on any atom is 1.00 e. The summed E-state index contributed by atoms with van der Waals surface area (Å²) in [5, 5.41) is 9.91. The Kier molecular flexibility index (Phi) is 6.80. The van der Waals surface area contributed by atoms with Gasteiger partial charge in [0, 0.05) is 23.2 Å². The molecule has 0 saturated carbocycles. The van der Waals surface area contributed by atoms with E-state index in [0.717, 1.165) is 0 Å². The Morgan fingerprint density at radius 3 is 2.00 bits per heavy atom. The van der Waals surface area contributed by atoms with Gasteiger partial charge < -0.3 is 9.03 Å². The first-order valence-corrected chi connectivity index (χ1v) is 2.11. The predicted molar refractivity (Wildman–Crippen MR) is 25.8 cm³/mol. The zero-order valence-corrected chi connectivity index (χ0v) is 6.03. The van der Waals surface area contributed by atoms with Crippen LogP contribution in [0.15, 0.2) is 12.5 Å². The fourth-order valence-electron chi connectivity index (χ4n) is 0. The topological polar surface area (TPSA) is 26.3 Å². The molecule has 36 valence electrons. The monoisotopic (exact) mass is 157 g/mol. The van der Waals surface area contributed by atoms with Crippen LogP contribution in [0.2, 0.25) is 0 Å². The zero-order valence-electron chi connectivity index (χ0n) is 4.44. The van der Waals surface area contributed by atoms with Gasteiger partial charge in [-0.15, -0.1) is 0 Å². The molecule has 0 aromatic heterocycles. The van der Waals surface area contributed by atoms with Crippen LogP contribution < -0.4 is 24.0 Å². The molecule has 0 aliphatic rings. The van der Waals surface area contributed by atoms with Gasteiger partial charge in [0.2, 0.25) is 0 Å². The molecule has 0 atom stereocenters. The summed E-state index contributed by atoms with van der Waals surface area (Å²) in [4.78, 5) is 0. The Morgan fingerprint density at radius 2 is 2.00 bits per heavy atom. The van der Waals surface area contributed by atoms with Crippen LogP contribution in [0.4, 0.5) is 0 Å². The first kappa shape index (κ1) is 10.4. The van der Waals surface area contributed by atoms with Crippen LogP contribution in [0, 0.1) is 0 Å². The van der Waals surface area contributed by atoms with Crippen molar-refractivity contribution < 1.29 is 24.0 Å². The predicted octanol–water partition coefficient (Wildman–Crippen LogP) is -2.94. The van der Waals surface area contributed by atoms with Gasteiger partial charge in [0.1, 0.15) is 0 Å². The fourth-order valence-corrected chi connectivity index (χ4v) is 0. The van der Waals surface area contributed by atoms with Crippen LogP contribution in [-0.2, 0) is 0 Å². The van der Waals surface area contributed by atoms with Gasteiger partial charge >= 0.3 is 18.9 Å². The molecule has 0 aromatic carbocycles. The number of hydrogen-bond donors (Lipinski definition) is 0. The normalized spacial score (nSPS) is 6.57. The Labute approximate surface area is 63.7 Å². The molecule has 0 radical (unpaired) electrons. The van der Waals surface area contributed by atoms with Gasteiger partial charge in [-0.1, -0.05) is 6.58 Å². The van der Waals surface area contributed by atoms with Crippen molar-refractivity contribution in [3.63, 3.8) is 0 Å². The quantitative estimate of drug-likeness (QED) is 0.232. The van der Waals surface area contributed by atoms with Gasteiger partial charge in [-0.05, 0) is 5.88 Å². The fraction of sp³-hybridized carbons (Fsp3) is 0.333. The molecule has 4 heteroatoms. The smallest absolute Gasteiger partial charge is 0.860 e. The van der Waals surface area contributed by atoms with E-state index in [1.807, 2.05) is 0 Å². The van der Waals surface area contributed by atoms with Crippen LogP contribution in [0.1, 0.15) is 0 Å². The van der Waals surface area contributed by atoms with E-state index in [1.54, 1.807) is 7.05 Å². The molecule has 7 heavy (non-hydrogen) atoms. The van der Waals surface area contributed by atoms with Crippen molar-refractivity contribution in [2.24, 2.45) is 0 Å². The average molecular weight is 158 g/mol. The van der Waals surface area contributed by atoms with E-state index < -0.39 is 0 Å². The Morgan fingerprint density at radius 1 is 1.86 bits per heavy atom. The van der Waals surface area contributed by atoms with E-state index in [1.165, 1.54) is 3.93 Å². The van der Waals surface area contributed by atoms with E-state index in [0.29, 0.717) is 0 Å². The molecule has 0 N–H and O–H groups in total. The molecule has 0 aliphatic heterocycles. The van der Waals surface area contributed by atoms with Gasteiger partial charge in [0.05, 0.1) is 0 Å². The maximum absolute atomic E-state index is 9.91. The molecule has 2 nitrogen and oxygen atoms in total.